The monoisotopic (exact) mass is 258 g/mol. The first-order valence-electron chi connectivity index (χ1n) is 5.29. The number of halogens is 3. The van der Waals surface area contributed by atoms with Gasteiger partial charge in [0.05, 0.1) is 11.4 Å². The van der Waals surface area contributed by atoms with Crippen LogP contribution in [0.25, 0.3) is 11.0 Å². The Bertz CT molecular complexity index is 603. The Labute approximate surface area is 99.1 Å². The molecule has 0 aliphatic heterocycles. The Morgan fingerprint density at radius 3 is 2.50 bits per heavy atom. The van der Waals surface area contributed by atoms with Crippen molar-refractivity contribution in [1.29, 1.82) is 0 Å². The molecule has 0 bridgehead atoms. The van der Waals surface area contributed by atoms with Crippen LogP contribution >= 0.6 is 0 Å². The second-order valence-corrected chi connectivity index (χ2v) is 4.37. The molecule has 18 heavy (non-hydrogen) atoms. The molecule has 5 nitrogen and oxygen atoms in total. The second kappa shape index (κ2) is 3.27. The topological polar surface area (TPSA) is 77.0 Å². The minimum atomic E-state index is -4.29. The van der Waals surface area contributed by atoms with Crippen molar-refractivity contribution in [3.63, 3.8) is 0 Å². The van der Waals surface area contributed by atoms with Crippen LogP contribution in [0.1, 0.15) is 12.8 Å². The number of aromatic nitrogens is 2. The molecule has 1 fully saturated rings. The van der Waals surface area contributed by atoms with Crippen molar-refractivity contribution in [2.24, 2.45) is 0 Å². The molecule has 1 aliphatic rings. The first-order valence-corrected chi connectivity index (χ1v) is 5.29. The average molecular weight is 258 g/mol. The van der Waals surface area contributed by atoms with Gasteiger partial charge < -0.3 is 11.1 Å². The van der Waals surface area contributed by atoms with Crippen LogP contribution in [-0.2, 0) is 0 Å². The van der Waals surface area contributed by atoms with E-state index in [9.17, 15) is 13.2 Å². The van der Waals surface area contributed by atoms with Crippen LogP contribution in [0.15, 0.2) is 16.8 Å². The van der Waals surface area contributed by atoms with Crippen LogP contribution < -0.4 is 11.1 Å². The van der Waals surface area contributed by atoms with Gasteiger partial charge in [-0.05, 0) is 35.3 Å². The molecular weight excluding hydrogens is 249 g/mol. The zero-order chi connectivity index (χ0) is 13.0. The number of nitrogens with one attached hydrogen (secondary N) is 1. The molecule has 0 atom stereocenters. The van der Waals surface area contributed by atoms with Crippen LogP contribution in [0, 0.1) is 0 Å². The van der Waals surface area contributed by atoms with Gasteiger partial charge in [-0.25, -0.2) is 4.63 Å². The minimum Gasteiger partial charge on any atom is -0.397 e. The van der Waals surface area contributed by atoms with E-state index in [1.54, 1.807) is 0 Å². The highest BCUT2D eigenvalue weighted by atomic mass is 19.4. The number of alkyl halides is 3. The molecule has 1 heterocycles. The highest BCUT2D eigenvalue weighted by Gasteiger charge is 2.63. The number of hydrogen-bond acceptors (Lipinski definition) is 5. The Balaban J connectivity index is 2.02. The van der Waals surface area contributed by atoms with Crippen LogP contribution in [0.2, 0.25) is 0 Å². The number of fused-ring (bicyclic) bond motifs is 1. The third kappa shape index (κ3) is 1.48. The maximum Gasteiger partial charge on any atom is 0.411 e. The van der Waals surface area contributed by atoms with Gasteiger partial charge in [-0.1, -0.05) is 0 Å². The van der Waals surface area contributed by atoms with Gasteiger partial charge in [0.25, 0.3) is 0 Å². The lowest BCUT2D eigenvalue weighted by atomic mass is 10.2. The summed E-state index contributed by atoms with van der Waals surface area (Å²) in [6.07, 6.45) is -4.20. The summed E-state index contributed by atoms with van der Waals surface area (Å²) in [6, 6.07) is 2.93. The van der Waals surface area contributed by atoms with Crippen molar-refractivity contribution in [3.8, 4) is 0 Å². The normalized spacial score (nSPS) is 17.9. The molecule has 0 amide bonds. The molecule has 8 heteroatoms. The van der Waals surface area contributed by atoms with E-state index < -0.39 is 11.7 Å². The number of nitrogens with two attached hydrogens (primary N) is 1. The molecule has 0 spiro atoms. The Hall–Kier alpha value is -1.99. The Kier molecular flexibility index (Phi) is 2.02. The molecule has 96 valence electrons. The van der Waals surface area contributed by atoms with Crippen molar-refractivity contribution in [2.45, 2.75) is 24.6 Å². The zero-order valence-corrected chi connectivity index (χ0v) is 9.08. The molecule has 1 aromatic carbocycles. The van der Waals surface area contributed by atoms with Crippen LogP contribution in [-0.4, -0.2) is 22.0 Å². The fraction of sp³-hybridized carbons (Fsp3) is 0.400. The molecule has 0 unspecified atom stereocenters. The second-order valence-electron chi connectivity index (χ2n) is 4.37. The number of rotatable bonds is 2. The maximum absolute atomic E-state index is 12.8. The third-order valence-corrected chi connectivity index (χ3v) is 3.11. The van der Waals surface area contributed by atoms with Gasteiger partial charge in [0, 0.05) is 0 Å². The third-order valence-electron chi connectivity index (χ3n) is 3.11. The van der Waals surface area contributed by atoms with Gasteiger partial charge in [-0.3, -0.25) is 0 Å². The molecule has 2 aromatic rings. The van der Waals surface area contributed by atoms with E-state index in [-0.39, 0.29) is 29.6 Å². The SMILES string of the molecule is Nc1ccc(NC2(C(F)(F)F)CC2)c2nonc12. The van der Waals surface area contributed by atoms with E-state index in [1.807, 2.05) is 0 Å². The predicted molar refractivity (Wildman–Crippen MR) is 57.9 cm³/mol. The molecular formula is C10H9F3N4O. The average Bonchev–Trinajstić information content (AvgIpc) is 2.90. The molecule has 3 N–H and O–H groups in total. The van der Waals surface area contributed by atoms with E-state index in [1.165, 1.54) is 12.1 Å². The summed E-state index contributed by atoms with van der Waals surface area (Å²) in [5.74, 6) is 0. The van der Waals surface area contributed by atoms with Gasteiger partial charge in [0.2, 0.25) is 0 Å². The standard InChI is InChI=1S/C10H9F3N4O/c11-10(12,13)9(3-4-9)15-6-2-1-5(14)7-8(6)17-18-16-7/h1-2,15H,3-4,14H2. The molecule has 1 aromatic heterocycles. The van der Waals surface area contributed by atoms with E-state index in [2.05, 4.69) is 20.3 Å². The van der Waals surface area contributed by atoms with Gasteiger partial charge in [0.1, 0.15) is 5.54 Å². The van der Waals surface area contributed by atoms with E-state index >= 15 is 0 Å². The first-order chi connectivity index (χ1) is 8.43. The Morgan fingerprint density at radius 1 is 1.22 bits per heavy atom. The maximum atomic E-state index is 12.8. The fourth-order valence-electron chi connectivity index (χ4n) is 1.85. The van der Waals surface area contributed by atoms with Crippen LogP contribution in [0.5, 0.6) is 0 Å². The lowest BCUT2D eigenvalue weighted by Crippen LogP contribution is -2.38. The Morgan fingerprint density at radius 2 is 1.89 bits per heavy atom. The van der Waals surface area contributed by atoms with Crippen molar-refractivity contribution >= 4 is 22.4 Å². The van der Waals surface area contributed by atoms with Gasteiger partial charge in [0.15, 0.2) is 11.0 Å². The number of nitrogen functional groups attached to an aromatic ring is 1. The number of hydrogen-bond donors (Lipinski definition) is 2. The summed E-state index contributed by atoms with van der Waals surface area (Å²) < 4.78 is 43.0. The fourth-order valence-corrected chi connectivity index (χ4v) is 1.85. The van der Waals surface area contributed by atoms with E-state index in [0.717, 1.165) is 0 Å². The lowest BCUT2D eigenvalue weighted by molar-refractivity contribution is -0.151. The molecule has 1 aliphatic carbocycles. The number of benzene rings is 1. The smallest absolute Gasteiger partial charge is 0.397 e. The van der Waals surface area contributed by atoms with Crippen molar-refractivity contribution in [2.75, 3.05) is 11.1 Å². The van der Waals surface area contributed by atoms with Crippen LogP contribution in [0.4, 0.5) is 24.5 Å². The van der Waals surface area contributed by atoms with Gasteiger partial charge in [-0.2, -0.15) is 13.2 Å². The predicted octanol–water partition coefficient (Wildman–Crippen LogP) is 2.31. The number of nitrogens with zero attached hydrogens (tertiary/aromatic N) is 2. The highest BCUT2D eigenvalue weighted by molar-refractivity contribution is 5.95. The van der Waals surface area contributed by atoms with Crippen molar-refractivity contribution in [1.82, 2.24) is 10.3 Å². The molecule has 3 rings (SSSR count). The molecule has 0 radical (unpaired) electrons. The highest BCUT2D eigenvalue weighted by Crippen LogP contribution is 2.51. The lowest BCUT2D eigenvalue weighted by Gasteiger charge is -2.21. The van der Waals surface area contributed by atoms with Crippen LogP contribution in [0.3, 0.4) is 0 Å². The summed E-state index contributed by atoms with van der Waals surface area (Å²) >= 11 is 0. The van der Waals surface area contributed by atoms with Gasteiger partial charge >= 0.3 is 6.18 Å². The first kappa shape index (κ1) is 11.1. The summed E-state index contributed by atoms with van der Waals surface area (Å²) in [7, 11) is 0. The summed E-state index contributed by atoms with van der Waals surface area (Å²) in [4.78, 5) is 0. The largest absolute Gasteiger partial charge is 0.411 e. The zero-order valence-electron chi connectivity index (χ0n) is 9.08. The van der Waals surface area contributed by atoms with Crippen molar-refractivity contribution < 1.29 is 17.8 Å². The van der Waals surface area contributed by atoms with E-state index in [4.69, 9.17) is 5.73 Å². The quantitative estimate of drug-likeness (QED) is 0.808. The summed E-state index contributed by atoms with van der Waals surface area (Å²) in [5.41, 5.74) is 4.79. The van der Waals surface area contributed by atoms with E-state index in [0.29, 0.717) is 5.69 Å². The molecule has 1 saturated carbocycles. The van der Waals surface area contributed by atoms with Gasteiger partial charge in [-0.15, -0.1) is 0 Å². The molecule has 0 saturated heterocycles. The summed E-state index contributed by atoms with van der Waals surface area (Å²) in [5, 5.41) is 9.62. The minimum absolute atomic E-state index is 0.0493. The summed E-state index contributed by atoms with van der Waals surface area (Å²) in [6.45, 7) is 0. The number of anilines is 2. The van der Waals surface area contributed by atoms with Crippen molar-refractivity contribution in [3.05, 3.63) is 12.1 Å².